The first kappa shape index (κ1) is 15.6. The zero-order chi connectivity index (χ0) is 16.6. The van der Waals surface area contributed by atoms with Gasteiger partial charge in [0.2, 0.25) is 5.91 Å². The summed E-state index contributed by atoms with van der Waals surface area (Å²) in [5.74, 6) is -2.03. The fourth-order valence-corrected chi connectivity index (χ4v) is 2.91. The number of carbonyl (C=O) groups is 1. The molecule has 23 heavy (non-hydrogen) atoms. The van der Waals surface area contributed by atoms with E-state index in [1.54, 1.807) is 0 Å². The van der Waals surface area contributed by atoms with E-state index in [-0.39, 0.29) is 5.91 Å². The molecule has 0 radical (unpaired) electrons. The third kappa shape index (κ3) is 2.71. The van der Waals surface area contributed by atoms with Gasteiger partial charge < -0.3 is 15.1 Å². The molecular weight excluding hydrogens is 304 g/mol. The van der Waals surface area contributed by atoms with Crippen molar-refractivity contribution in [3.05, 3.63) is 65.7 Å². The van der Waals surface area contributed by atoms with Crippen molar-refractivity contribution < 1.29 is 23.8 Å². The summed E-state index contributed by atoms with van der Waals surface area (Å²) in [7, 11) is 0. The number of hydrogen-bond acceptors (Lipinski definition) is 3. The van der Waals surface area contributed by atoms with Crippen LogP contribution >= 0.6 is 0 Å². The molecule has 1 aliphatic heterocycles. The van der Waals surface area contributed by atoms with Crippen LogP contribution in [0.4, 0.5) is 14.5 Å². The molecule has 2 N–H and O–H groups in total. The number of nitrogens with zero attached hydrogens (tertiary/aromatic N) is 1. The number of aliphatic hydroxyl groups is 2. The number of carbonyl (C=O) groups excluding carboxylic acids is 1. The third-order valence-corrected chi connectivity index (χ3v) is 4.06. The van der Waals surface area contributed by atoms with E-state index in [1.165, 1.54) is 53.4 Å². The smallest absolute Gasteiger partial charge is 0.235 e. The second-order valence-corrected chi connectivity index (χ2v) is 5.46. The van der Waals surface area contributed by atoms with E-state index in [2.05, 4.69) is 0 Å². The first-order valence-corrected chi connectivity index (χ1v) is 7.16. The van der Waals surface area contributed by atoms with Crippen molar-refractivity contribution in [2.75, 3.05) is 11.5 Å². The van der Waals surface area contributed by atoms with Crippen LogP contribution in [0.25, 0.3) is 0 Å². The van der Waals surface area contributed by atoms with Crippen molar-refractivity contribution in [1.82, 2.24) is 0 Å². The molecule has 3 atom stereocenters. The monoisotopic (exact) mass is 319 g/mol. The van der Waals surface area contributed by atoms with Gasteiger partial charge in [-0.25, -0.2) is 8.78 Å². The highest BCUT2D eigenvalue weighted by Crippen LogP contribution is 2.45. The van der Waals surface area contributed by atoms with Crippen molar-refractivity contribution in [2.24, 2.45) is 5.92 Å². The molecule has 0 bridgehead atoms. The molecule has 1 aliphatic rings. The lowest BCUT2D eigenvalue weighted by Gasteiger charge is -2.49. The van der Waals surface area contributed by atoms with Crippen LogP contribution in [0.15, 0.2) is 48.5 Å². The number of rotatable bonds is 4. The van der Waals surface area contributed by atoms with Gasteiger partial charge in [0.15, 0.2) is 0 Å². The van der Waals surface area contributed by atoms with E-state index >= 15 is 0 Å². The number of benzene rings is 2. The molecule has 2 aromatic rings. The first-order chi connectivity index (χ1) is 11.0. The van der Waals surface area contributed by atoms with Crippen LogP contribution < -0.4 is 4.90 Å². The minimum atomic E-state index is -1.21. The Morgan fingerprint density at radius 1 is 1.00 bits per heavy atom. The summed E-state index contributed by atoms with van der Waals surface area (Å²) in [5.41, 5.74) is 1.11. The van der Waals surface area contributed by atoms with E-state index in [4.69, 9.17) is 5.11 Å². The number of hydrogen-bond donors (Lipinski definition) is 2. The normalized spacial score (nSPS) is 21.9. The quantitative estimate of drug-likeness (QED) is 0.848. The van der Waals surface area contributed by atoms with Crippen LogP contribution in [0.5, 0.6) is 0 Å². The second-order valence-electron chi connectivity index (χ2n) is 5.46. The molecule has 0 aromatic heterocycles. The van der Waals surface area contributed by atoms with Gasteiger partial charge in [-0.1, -0.05) is 12.1 Å². The van der Waals surface area contributed by atoms with Crippen LogP contribution in [0.1, 0.15) is 11.6 Å². The number of β-lactam (4-membered cyclic amide) rings is 1. The van der Waals surface area contributed by atoms with E-state index in [0.717, 1.165) is 0 Å². The highest BCUT2D eigenvalue weighted by atomic mass is 19.1. The first-order valence-electron chi connectivity index (χ1n) is 7.16. The Morgan fingerprint density at radius 3 is 2.04 bits per heavy atom. The van der Waals surface area contributed by atoms with Gasteiger partial charge in [0.1, 0.15) is 11.6 Å². The number of anilines is 1. The molecule has 0 aliphatic carbocycles. The van der Waals surface area contributed by atoms with Gasteiger partial charge in [0.05, 0.1) is 24.7 Å². The average molecular weight is 319 g/mol. The Labute approximate surface area is 131 Å². The van der Waals surface area contributed by atoms with Gasteiger partial charge in [-0.05, 0) is 42.0 Å². The zero-order valence-electron chi connectivity index (χ0n) is 12.1. The highest BCUT2D eigenvalue weighted by molar-refractivity contribution is 6.03. The molecule has 0 unspecified atom stereocenters. The van der Waals surface area contributed by atoms with Crippen molar-refractivity contribution in [3.8, 4) is 0 Å². The summed E-state index contributed by atoms with van der Waals surface area (Å²) in [6.07, 6.45) is -1.21. The molecule has 0 saturated carbocycles. The summed E-state index contributed by atoms with van der Waals surface area (Å²) in [6.45, 7) is -0.550. The van der Waals surface area contributed by atoms with Gasteiger partial charge in [-0.2, -0.15) is 0 Å². The second kappa shape index (κ2) is 6.06. The van der Waals surface area contributed by atoms with E-state index in [0.29, 0.717) is 11.3 Å². The van der Waals surface area contributed by atoms with Crippen LogP contribution in [0.3, 0.4) is 0 Å². The largest absolute Gasteiger partial charge is 0.394 e. The predicted molar refractivity (Wildman–Crippen MR) is 79.6 cm³/mol. The third-order valence-electron chi connectivity index (χ3n) is 4.06. The molecule has 3 rings (SSSR count). The Morgan fingerprint density at radius 2 is 1.52 bits per heavy atom. The maximum atomic E-state index is 13.1. The zero-order valence-corrected chi connectivity index (χ0v) is 12.1. The lowest BCUT2D eigenvalue weighted by molar-refractivity contribution is -0.137. The topological polar surface area (TPSA) is 60.8 Å². The Hall–Kier alpha value is -2.31. The summed E-state index contributed by atoms with van der Waals surface area (Å²) >= 11 is 0. The average Bonchev–Trinajstić information content (AvgIpc) is 2.55. The lowest BCUT2D eigenvalue weighted by Crippen LogP contribution is -2.60. The van der Waals surface area contributed by atoms with Crippen molar-refractivity contribution in [1.29, 1.82) is 0 Å². The predicted octanol–water partition coefficient (Wildman–Crippen LogP) is 2.02. The van der Waals surface area contributed by atoms with E-state index in [9.17, 15) is 18.7 Å². The standard InChI is InChI=1S/C17H15F2NO3/c18-11-3-1-10(2-4-11)16-15(14(22)9-21)17(23)20(16)13-7-5-12(19)6-8-13/h1-8,14-16,21-22H,9H2/t14-,15+,16+/m1/s1. The highest BCUT2D eigenvalue weighted by Gasteiger charge is 2.52. The minimum Gasteiger partial charge on any atom is -0.394 e. The van der Waals surface area contributed by atoms with Crippen molar-refractivity contribution in [3.63, 3.8) is 0 Å². The summed E-state index contributed by atoms with van der Waals surface area (Å²) in [5, 5.41) is 19.1. The summed E-state index contributed by atoms with van der Waals surface area (Å²) < 4.78 is 26.2. The lowest BCUT2D eigenvalue weighted by atomic mass is 9.78. The van der Waals surface area contributed by atoms with Gasteiger partial charge in [-0.15, -0.1) is 0 Å². The maximum Gasteiger partial charge on any atom is 0.235 e. The van der Waals surface area contributed by atoms with Crippen LogP contribution in [0.2, 0.25) is 0 Å². The number of aliphatic hydroxyl groups excluding tert-OH is 2. The number of halogens is 2. The molecule has 1 heterocycles. The van der Waals surface area contributed by atoms with Crippen molar-refractivity contribution in [2.45, 2.75) is 12.1 Å². The molecule has 1 saturated heterocycles. The van der Waals surface area contributed by atoms with Gasteiger partial charge in [-0.3, -0.25) is 4.79 Å². The van der Waals surface area contributed by atoms with Gasteiger partial charge >= 0.3 is 0 Å². The molecule has 0 spiro atoms. The number of amides is 1. The van der Waals surface area contributed by atoms with Crippen LogP contribution in [0, 0.1) is 17.6 Å². The molecular formula is C17H15F2NO3. The summed E-state index contributed by atoms with van der Waals surface area (Å²) in [4.78, 5) is 13.8. The Bertz CT molecular complexity index is 703. The van der Waals surface area contributed by atoms with E-state index in [1.807, 2.05) is 0 Å². The summed E-state index contributed by atoms with van der Waals surface area (Å²) in [6, 6.07) is 10.4. The van der Waals surface area contributed by atoms with E-state index < -0.39 is 36.3 Å². The molecule has 1 fully saturated rings. The minimum absolute atomic E-state index is 0.368. The maximum absolute atomic E-state index is 13.1. The van der Waals surface area contributed by atoms with Crippen molar-refractivity contribution >= 4 is 11.6 Å². The Kier molecular flexibility index (Phi) is 4.11. The SMILES string of the molecule is O=C1[C@@H]([C@H](O)CO)[C@H](c2ccc(F)cc2)N1c1ccc(F)cc1. The fraction of sp³-hybridized carbons (Fsp3) is 0.235. The molecule has 1 amide bonds. The molecule has 4 nitrogen and oxygen atoms in total. The molecule has 6 heteroatoms. The Balaban J connectivity index is 1.99. The fourth-order valence-electron chi connectivity index (χ4n) is 2.91. The van der Waals surface area contributed by atoms with Gasteiger partial charge in [0.25, 0.3) is 0 Å². The van der Waals surface area contributed by atoms with Crippen LogP contribution in [-0.2, 0) is 4.79 Å². The van der Waals surface area contributed by atoms with Gasteiger partial charge in [0, 0.05) is 5.69 Å². The molecule has 2 aromatic carbocycles. The molecule has 120 valence electrons. The van der Waals surface area contributed by atoms with Crippen LogP contribution in [-0.4, -0.2) is 28.8 Å².